The van der Waals surface area contributed by atoms with Crippen LogP contribution in [0.2, 0.25) is 0 Å². The molecule has 6 nitrogen and oxygen atoms in total. The van der Waals surface area contributed by atoms with Gasteiger partial charge in [0.25, 0.3) is 0 Å². The Labute approximate surface area is 164 Å². The molecule has 0 radical (unpaired) electrons. The molecule has 0 bridgehead atoms. The van der Waals surface area contributed by atoms with Crippen LogP contribution < -0.4 is 10.1 Å². The number of likely N-dealkylation sites (N-methyl/N-ethyl adjacent to an activating group) is 1. The Hall–Kier alpha value is -2.45. The first-order chi connectivity index (χ1) is 13.3. The van der Waals surface area contributed by atoms with Crippen molar-refractivity contribution >= 4 is 15.7 Å². The van der Waals surface area contributed by atoms with Crippen LogP contribution in [-0.4, -0.2) is 50.4 Å². The number of hydrogen-bond acceptors (Lipinski definition) is 5. The van der Waals surface area contributed by atoms with E-state index in [0.29, 0.717) is 24.5 Å². The van der Waals surface area contributed by atoms with E-state index in [2.05, 4.69) is 5.32 Å². The van der Waals surface area contributed by atoms with Crippen molar-refractivity contribution in [3.63, 3.8) is 0 Å². The van der Waals surface area contributed by atoms with E-state index in [1.165, 1.54) is 12.1 Å². The van der Waals surface area contributed by atoms with Gasteiger partial charge in [-0.2, -0.15) is 0 Å². The number of nitrogens with one attached hydrogen (secondary N) is 1. The van der Waals surface area contributed by atoms with Crippen molar-refractivity contribution in [1.82, 2.24) is 10.2 Å². The van der Waals surface area contributed by atoms with Gasteiger partial charge in [0.15, 0.2) is 9.84 Å². The van der Waals surface area contributed by atoms with Gasteiger partial charge in [-0.15, -0.1) is 0 Å². The number of rotatable bonds is 7. The monoisotopic (exact) mass is 406 g/mol. The minimum absolute atomic E-state index is 0.0985. The summed E-state index contributed by atoms with van der Waals surface area (Å²) in [5.74, 6) is 0.989. The molecule has 1 N–H and O–H groups in total. The van der Waals surface area contributed by atoms with Crippen molar-refractivity contribution in [3.8, 4) is 11.5 Å². The number of benzene rings is 2. The number of carbonyl (C=O) groups is 1. The summed E-state index contributed by atoms with van der Waals surface area (Å²) in [6.45, 7) is 0.526. The molecule has 1 aliphatic heterocycles. The molecule has 1 fully saturated rings. The van der Waals surface area contributed by atoms with E-state index in [0.717, 1.165) is 5.56 Å². The lowest BCUT2D eigenvalue weighted by atomic mass is 10.2. The van der Waals surface area contributed by atoms with E-state index in [-0.39, 0.29) is 35.8 Å². The molecule has 8 heteroatoms. The highest BCUT2D eigenvalue weighted by molar-refractivity contribution is 7.91. The van der Waals surface area contributed by atoms with Gasteiger partial charge in [0, 0.05) is 12.6 Å². The highest BCUT2D eigenvalue weighted by atomic mass is 32.2. The van der Waals surface area contributed by atoms with Crippen LogP contribution in [0.25, 0.3) is 0 Å². The molecule has 1 atom stereocenters. The Morgan fingerprint density at radius 1 is 1.14 bits per heavy atom. The Balaban J connectivity index is 1.45. The Kier molecular flexibility index (Phi) is 6.31. The molecular weight excluding hydrogens is 383 g/mol. The van der Waals surface area contributed by atoms with E-state index in [1.807, 2.05) is 12.1 Å². The van der Waals surface area contributed by atoms with Crippen molar-refractivity contribution in [2.24, 2.45) is 0 Å². The highest BCUT2D eigenvalue weighted by Crippen LogP contribution is 2.22. The maximum Gasteiger partial charge on any atom is 0.234 e. The smallest absolute Gasteiger partial charge is 0.234 e. The van der Waals surface area contributed by atoms with Crippen molar-refractivity contribution in [2.45, 2.75) is 19.0 Å². The first-order valence-electron chi connectivity index (χ1n) is 9.00. The molecule has 0 saturated carbocycles. The largest absolute Gasteiger partial charge is 0.457 e. The van der Waals surface area contributed by atoms with Gasteiger partial charge in [-0.1, -0.05) is 12.1 Å². The van der Waals surface area contributed by atoms with E-state index in [4.69, 9.17) is 4.74 Å². The molecule has 1 saturated heterocycles. The minimum Gasteiger partial charge on any atom is -0.457 e. The molecule has 28 heavy (non-hydrogen) atoms. The van der Waals surface area contributed by atoms with E-state index in [1.54, 1.807) is 36.2 Å². The predicted octanol–water partition coefficient (Wildman–Crippen LogP) is 2.35. The lowest BCUT2D eigenvalue weighted by molar-refractivity contribution is -0.122. The zero-order valence-electron chi connectivity index (χ0n) is 15.6. The van der Waals surface area contributed by atoms with Gasteiger partial charge >= 0.3 is 0 Å². The molecule has 0 aliphatic carbocycles. The fourth-order valence-corrected chi connectivity index (χ4v) is 4.85. The summed E-state index contributed by atoms with van der Waals surface area (Å²) >= 11 is 0. The molecule has 0 spiro atoms. The lowest BCUT2D eigenvalue weighted by Crippen LogP contribution is -2.41. The fraction of sp³-hybridized carbons (Fsp3) is 0.350. The standard InChI is InChI=1S/C20H23FN2O4S/c1-23(17-10-11-28(25,26)14-17)13-20(24)22-12-15-2-6-18(7-3-15)27-19-8-4-16(21)5-9-19/h2-9,17H,10-14H2,1H3,(H,22,24). The van der Waals surface area contributed by atoms with Crippen LogP contribution in [-0.2, 0) is 21.2 Å². The number of ether oxygens (including phenoxy) is 1. The van der Waals surface area contributed by atoms with Gasteiger partial charge in [-0.05, 0) is 55.4 Å². The summed E-state index contributed by atoms with van der Waals surface area (Å²) in [7, 11) is -1.19. The van der Waals surface area contributed by atoms with Gasteiger partial charge in [-0.25, -0.2) is 12.8 Å². The lowest BCUT2D eigenvalue weighted by Gasteiger charge is -2.22. The molecule has 150 valence electrons. The molecule has 2 aromatic carbocycles. The first-order valence-corrected chi connectivity index (χ1v) is 10.8. The van der Waals surface area contributed by atoms with Crippen molar-refractivity contribution in [3.05, 3.63) is 59.9 Å². The van der Waals surface area contributed by atoms with Crippen molar-refractivity contribution in [1.29, 1.82) is 0 Å². The average Bonchev–Trinajstić information content (AvgIpc) is 3.03. The van der Waals surface area contributed by atoms with Gasteiger partial charge in [-0.3, -0.25) is 9.69 Å². The number of amides is 1. The van der Waals surface area contributed by atoms with Gasteiger partial charge in [0.2, 0.25) is 5.91 Å². The molecule has 3 rings (SSSR count). The molecule has 1 amide bonds. The summed E-state index contributed by atoms with van der Waals surface area (Å²) in [6.07, 6.45) is 0.571. The average molecular weight is 406 g/mol. The molecule has 1 aliphatic rings. The second kappa shape index (κ2) is 8.70. The molecule has 2 aromatic rings. The van der Waals surface area contributed by atoms with Crippen molar-refractivity contribution < 1.29 is 22.3 Å². The summed E-state index contributed by atoms with van der Waals surface area (Å²) in [6, 6.07) is 12.9. The third-order valence-electron chi connectivity index (χ3n) is 4.69. The predicted molar refractivity (Wildman–Crippen MR) is 104 cm³/mol. The summed E-state index contributed by atoms with van der Waals surface area (Å²) in [5, 5.41) is 2.84. The molecule has 1 unspecified atom stereocenters. The van der Waals surface area contributed by atoms with Crippen LogP contribution >= 0.6 is 0 Å². The second-order valence-electron chi connectivity index (χ2n) is 6.95. The number of carbonyl (C=O) groups excluding carboxylic acids is 1. The van der Waals surface area contributed by atoms with Crippen LogP contribution in [0.15, 0.2) is 48.5 Å². The quantitative estimate of drug-likeness (QED) is 0.764. The highest BCUT2D eigenvalue weighted by Gasteiger charge is 2.31. The topological polar surface area (TPSA) is 75.7 Å². The maximum absolute atomic E-state index is 12.9. The minimum atomic E-state index is -2.96. The van der Waals surface area contributed by atoms with Crippen LogP contribution in [0.3, 0.4) is 0 Å². The van der Waals surface area contributed by atoms with Crippen molar-refractivity contribution in [2.75, 3.05) is 25.1 Å². The fourth-order valence-electron chi connectivity index (χ4n) is 3.05. The SMILES string of the molecule is CN(CC(=O)NCc1ccc(Oc2ccc(F)cc2)cc1)C1CCS(=O)(=O)C1. The maximum atomic E-state index is 12.9. The van der Waals surface area contributed by atoms with Gasteiger partial charge in [0.1, 0.15) is 17.3 Å². The molecule has 1 heterocycles. The van der Waals surface area contributed by atoms with Gasteiger partial charge in [0.05, 0.1) is 18.1 Å². The summed E-state index contributed by atoms with van der Waals surface area (Å²) in [5.41, 5.74) is 0.908. The van der Waals surface area contributed by atoms with E-state index in [9.17, 15) is 17.6 Å². The zero-order chi connectivity index (χ0) is 20.1. The van der Waals surface area contributed by atoms with E-state index >= 15 is 0 Å². The van der Waals surface area contributed by atoms with Crippen LogP contribution in [0.5, 0.6) is 11.5 Å². The molecule has 0 aromatic heterocycles. The van der Waals surface area contributed by atoms with Crippen LogP contribution in [0.1, 0.15) is 12.0 Å². The normalized spacial score (nSPS) is 18.2. The van der Waals surface area contributed by atoms with Gasteiger partial charge < -0.3 is 10.1 Å². The van der Waals surface area contributed by atoms with E-state index < -0.39 is 9.84 Å². The summed E-state index contributed by atoms with van der Waals surface area (Å²) in [4.78, 5) is 13.9. The van der Waals surface area contributed by atoms with Crippen LogP contribution in [0.4, 0.5) is 4.39 Å². The number of nitrogens with zero attached hydrogens (tertiary/aromatic N) is 1. The Morgan fingerprint density at radius 2 is 1.75 bits per heavy atom. The Morgan fingerprint density at radius 3 is 2.32 bits per heavy atom. The van der Waals surface area contributed by atoms with Crippen LogP contribution in [0, 0.1) is 5.82 Å². The Bertz CT molecular complexity index is 914. The third-order valence-corrected chi connectivity index (χ3v) is 6.44. The number of halogens is 1. The number of hydrogen-bond donors (Lipinski definition) is 1. The first kappa shape index (κ1) is 20.3. The second-order valence-corrected chi connectivity index (χ2v) is 9.18. The summed E-state index contributed by atoms with van der Waals surface area (Å²) < 4.78 is 41.6. The zero-order valence-corrected chi connectivity index (χ0v) is 16.4. The third kappa shape index (κ3) is 5.77. The number of sulfone groups is 1. The molecular formula is C20H23FN2O4S.